The Labute approximate surface area is 126 Å². The van der Waals surface area contributed by atoms with Crippen molar-refractivity contribution in [3.63, 3.8) is 0 Å². The zero-order chi connectivity index (χ0) is 15.3. The molecule has 1 rings (SSSR count). The molecule has 0 bridgehead atoms. The maximum atomic E-state index is 12.1. The summed E-state index contributed by atoms with van der Waals surface area (Å²) in [7, 11) is -3.79. The number of carboxylic acid groups (broad SMARTS) is 1. The number of rotatable bonds is 7. The highest BCUT2D eigenvalue weighted by molar-refractivity contribution is 9.10. The van der Waals surface area contributed by atoms with E-state index in [9.17, 15) is 13.2 Å². The van der Waals surface area contributed by atoms with E-state index >= 15 is 0 Å². The summed E-state index contributed by atoms with van der Waals surface area (Å²) in [6.45, 7) is 1.81. The van der Waals surface area contributed by atoms with Crippen LogP contribution in [0.5, 0.6) is 0 Å². The fourth-order valence-corrected chi connectivity index (χ4v) is 3.69. The third kappa shape index (κ3) is 4.27. The van der Waals surface area contributed by atoms with E-state index in [1.807, 2.05) is 0 Å². The number of aliphatic hydroxyl groups is 1. The lowest BCUT2D eigenvalue weighted by molar-refractivity contribution is 0.0696. The van der Waals surface area contributed by atoms with Crippen molar-refractivity contribution >= 4 is 31.9 Å². The zero-order valence-corrected chi connectivity index (χ0v) is 13.3. The Morgan fingerprint density at radius 3 is 2.55 bits per heavy atom. The molecule has 0 heterocycles. The van der Waals surface area contributed by atoms with E-state index in [0.29, 0.717) is 22.9 Å². The molecule has 0 radical (unpaired) electrons. The van der Waals surface area contributed by atoms with Crippen LogP contribution in [0.3, 0.4) is 0 Å². The van der Waals surface area contributed by atoms with Gasteiger partial charge in [-0.1, -0.05) is 0 Å². The van der Waals surface area contributed by atoms with Crippen molar-refractivity contribution in [1.29, 1.82) is 0 Å². The van der Waals surface area contributed by atoms with Crippen LogP contribution < -0.4 is 4.72 Å². The average molecular weight is 366 g/mol. The Kier molecular flexibility index (Phi) is 6.12. The molecule has 1 aromatic rings. The number of unbranched alkanes of at least 4 members (excludes halogenated alkanes) is 1. The Bertz CT molecular complexity index is 600. The molecule has 0 aromatic heterocycles. The molecular formula is C12H16BrNO5S. The number of hydrogen-bond donors (Lipinski definition) is 3. The quantitative estimate of drug-likeness (QED) is 0.635. The van der Waals surface area contributed by atoms with Crippen LogP contribution in [0, 0.1) is 6.92 Å². The molecule has 0 aliphatic heterocycles. The Morgan fingerprint density at radius 1 is 1.35 bits per heavy atom. The minimum absolute atomic E-state index is 0.000963. The fraction of sp³-hybridized carbons (Fsp3) is 0.417. The predicted octanol–water partition coefficient (Wildman–Crippen LogP) is 1.51. The number of carboxylic acids is 1. The number of hydrogen-bond acceptors (Lipinski definition) is 4. The molecule has 6 nitrogen and oxygen atoms in total. The largest absolute Gasteiger partial charge is 0.478 e. The van der Waals surface area contributed by atoms with Crippen LogP contribution in [0.4, 0.5) is 0 Å². The maximum absolute atomic E-state index is 12.1. The van der Waals surface area contributed by atoms with Gasteiger partial charge in [0, 0.05) is 17.6 Å². The van der Waals surface area contributed by atoms with Gasteiger partial charge in [0.1, 0.15) is 0 Å². The second kappa shape index (κ2) is 7.16. The number of aromatic carboxylic acids is 1. The van der Waals surface area contributed by atoms with E-state index in [0.717, 1.165) is 6.07 Å². The number of aryl methyl sites for hydroxylation is 1. The summed E-state index contributed by atoms with van der Waals surface area (Å²) in [4.78, 5) is 10.9. The van der Waals surface area contributed by atoms with Gasteiger partial charge >= 0.3 is 5.97 Å². The molecule has 0 saturated carbocycles. The van der Waals surface area contributed by atoms with Gasteiger partial charge in [0.2, 0.25) is 10.0 Å². The number of sulfonamides is 1. The lowest BCUT2D eigenvalue weighted by Gasteiger charge is -2.11. The summed E-state index contributed by atoms with van der Waals surface area (Å²) in [6.07, 6.45) is 1.00. The van der Waals surface area contributed by atoms with Crippen LogP contribution in [-0.4, -0.2) is 37.8 Å². The molecule has 112 valence electrons. The monoisotopic (exact) mass is 365 g/mol. The van der Waals surface area contributed by atoms with Gasteiger partial charge in [-0.05, 0) is 53.4 Å². The molecule has 1 aromatic carbocycles. The SMILES string of the molecule is Cc1cc(C(=O)O)cc(S(=O)(=O)NCCCCO)c1Br. The van der Waals surface area contributed by atoms with Gasteiger partial charge in [-0.3, -0.25) is 0 Å². The Balaban J connectivity index is 3.07. The molecule has 0 aliphatic carbocycles. The predicted molar refractivity (Wildman–Crippen MR) is 77.3 cm³/mol. The van der Waals surface area contributed by atoms with Crippen LogP contribution in [0.2, 0.25) is 0 Å². The van der Waals surface area contributed by atoms with Crippen LogP contribution in [-0.2, 0) is 10.0 Å². The molecule has 20 heavy (non-hydrogen) atoms. The lowest BCUT2D eigenvalue weighted by atomic mass is 10.1. The second-order valence-corrected chi connectivity index (χ2v) is 6.77. The van der Waals surface area contributed by atoms with E-state index < -0.39 is 16.0 Å². The zero-order valence-electron chi connectivity index (χ0n) is 10.9. The number of carbonyl (C=O) groups is 1. The maximum Gasteiger partial charge on any atom is 0.335 e. The first-order valence-electron chi connectivity index (χ1n) is 5.93. The van der Waals surface area contributed by atoms with E-state index in [1.165, 1.54) is 6.07 Å². The third-order valence-corrected chi connectivity index (χ3v) is 5.43. The van der Waals surface area contributed by atoms with Gasteiger partial charge in [0.25, 0.3) is 0 Å². The van der Waals surface area contributed by atoms with E-state index in [1.54, 1.807) is 6.92 Å². The Morgan fingerprint density at radius 2 is 2.00 bits per heavy atom. The fourth-order valence-electron chi connectivity index (χ4n) is 1.58. The summed E-state index contributed by atoms with van der Waals surface area (Å²) in [5.41, 5.74) is 0.446. The minimum atomic E-state index is -3.79. The van der Waals surface area contributed by atoms with Gasteiger partial charge in [-0.15, -0.1) is 0 Å². The van der Waals surface area contributed by atoms with Crippen LogP contribution in [0.25, 0.3) is 0 Å². The van der Waals surface area contributed by atoms with E-state index in [-0.39, 0.29) is 23.6 Å². The first-order valence-corrected chi connectivity index (χ1v) is 8.21. The summed E-state index contributed by atoms with van der Waals surface area (Å²) >= 11 is 3.17. The highest BCUT2D eigenvalue weighted by atomic mass is 79.9. The molecule has 0 aliphatic rings. The van der Waals surface area contributed by atoms with Crippen molar-refractivity contribution in [1.82, 2.24) is 4.72 Å². The van der Waals surface area contributed by atoms with Gasteiger partial charge < -0.3 is 10.2 Å². The van der Waals surface area contributed by atoms with Crippen molar-refractivity contribution in [3.05, 3.63) is 27.7 Å². The minimum Gasteiger partial charge on any atom is -0.478 e. The third-order valence-electron chi connectivity index (χ3n) is 2.63. The summed E-state index contributed by atoms with van der Waals surface area (Å²) in [6, 6.07) is 2.52. The first-order chi connectivity index (χ1) is 9.29. The van der Waals surface area contributed by atoms with E-state index in [4.69, 9.17) is 10.2 Å². The lowest BCUT2D eigenvalue weighted by Crippen LogP contribution is -2.25. The molecule has 0 spiro atoms. The highest BCUT2D eigenvalue weighted by Crippen LogP contribution is 2.27. The number of nitrogens with one attached hydrogen (secondary N) is 1. The van der Waals surface area contributed by atoms with Gasteiger partial charge in [-0.2, -0.15) is 0 Å². The van der Waals surface area contributed by atoms with Crippen LogP contribution in [0.1, 0.15) is 28.8 Å². The number of benzene rings is 1. The molecular weight excluding hydrogens is 350 g/mol. The van der Waals surface area contributed by atoms with Crippen molar-refractivity contribution in [3.8, 4) is 0 Å². The second-order valence-electron chi connectivity index (χ2n) is 4.24. The van der Waals surface area contributed by atoms with Crippen molar-refractivity contribution < 1.29 is 23.4 Å². The molecule has 0 unspecified atom stereocenters. The molecule has 0 saturated heterocycles. The summed E-state index contributed by atoms with van der Waals surface area (Å²) in [5, 5.41) is 17.6. The summed E-state index contributed by atoms with van der Waals surface area (Å²) in [5.74, 6) is -1.18. The van der Waals surface area contributed by atoms with Crippen LogP contribution in [0.15, 0.2) is 21.5 Å². The number of aliphatic hydroxyl groups excluding tert-OH is 1. The summed E-state index contributed by atoms with van der Waals surface area (Å²) < 4.78 is 27.0. The van der Waals surface area contributed by atoms with Gasteiger partial charge in [0.05, 0.1) is 10.5 Å². The first kappa shape index (κ1) is 17.1. The van der Waals surface area contributed by atoms with Crippen molar-refractivity contribution in [2.24, 2.45) is 0 Å². The van der Waals surface area contributed by atoms with Crippen molar-refractivity contribution in [2.45, 2.75) is 24.7 Å². The number of halogens is 1. The molecule has 0 atom stereocenters. The normalized spacial score (nSPS) is 11.6. The molecule has 3 N–H and O–H groups in total. The van der Waals surface area contributed by atoms with Crippen molar-refractivity contribution in [2.75, 3.05) is 13.2 Å². The molecule has 0 amide bonds. The van der Waals surface area contributed by atoms with Crippen LogP contribution >= 0.6 is 15.9 Å². The molecule has 0 fully saturated rings. The standard InChI is InChI=1S/C12H16BrNO5S/c1-8-6-9(12(16)17)7-10(11(8)13)20(18,19)14-4-2-3-5-15/h6-7,14-15H,2-5H2,1H3,(H,16,17). The van der Waals surface area contributed by atoms with E-state index in [2.05, 4.69) is 20.7 Å². The van der Waals surface area contributed by atoms with Gasteiger partial charge in [-0.25, -0.2) is 17.9 Å². The molecule has 8 heteroatoms. The van der Waals surface area contributed by atoms with Gasteiger partial charge in [0.15, 0.2) is 0 Å². The average Bonchev–Trinajstić information content (AvgIpc) is 2.37. The topological polar surface area (TPSA) is 104 Å². The smallest absolute Gasteiger partial charge is 0.335 e. The Hall–Kier alpha value is -0.960. The highest BCUT2D eigenvalue weighted by Gasteiger charge is 2.21.